The fraction of sp³-hybridized carbons (Fsp3) is 1.00. The zero-order valence-electron chi connectivity index (χ0n) is 5.82. The second-order valence-corrected chi connectivity index (χ2v) is 2.68. The molecule has 10 heavy (non-hydrogen) atoms. The van der Waals surface area contributed by atoms with Crippen LogP contribution in [0, 0.1) is 0 Å². The van der Waals surface area contributed by atoms with Crippen LogP contribution < -0.4 is 12.4 Å². The first-order chi connectivity index (χ1) is 3.95. The van der Waals surface area contributed by atoms with Crippen LogP contribution in [0.4, 0.5) is 0 Å². The van der Waals surface area contributed by atoms with Crippen LogP contribution in [0.5, 0.6) is 0 Å². The predicted molar refractivity (Wildman–Crippen MR) is 32.9 cm³/mol. The Morgan fingerprint density at radius 2 is 0.800 bits per heavy atom. The van der Waals surface area contributed by atoms with Crippen molar-refractivity contribution in [1.82, 2.24) is 9.80 Å². The fourth-order valence-corrected chi connectivity index (χ4v) is 1.52. The number of hydrogen-bond donors (Lipinski definition) is 0. The van der Waals surface area contributed by atoms with E-state index in [1.54, 1.807) is 0 Å². The summed E-state index contributed by atoms with van der Waals surface area (Å²) < 4.78 is 0. The van der Waals surface area contributed by atoms with Crippen LogP contribution in [0.2, 0.25) is 0 Å². The average molecular weight is 211 g/mol. The second kappa shape index (κ2) is 4.58. The third kappa shape index (κ3) is 2.11. The van der Waals surface area contributed by atoms with Crippen molar-refractivity contribution >= 4 is 0 Å². The quantitative estimate of drug-likeness (QED) is 0.386. The van der Waals surface area contributed by atoms with Crippen LogP contribution in [-0.4, -0.2) is 49.1 Å². The molecule has 0 aliphatic carbocycles. The van der Waals surface area contributed by atoms with Crippen molar-refractivity contribution in [1.29, 1.82) is 0 Å². The molecule has 0 amide bonds. The van der Waals surface area contributed by atoms with Gasteiger partial charge in [0.2, 0.25) is 0 Å². The Balaban J connectivity index is 0.000000405. The molecule has 0 aromatic carbocycles. The fourth-order valence-electron chi connectivity index (χ4n) is 1.52. The van der Waals surface area contributed by atoms with Crippen LogP contribution in [0.1, 0.15) is 0 Å². The van der Waals surface area contributed by atoms with Gasteiger partial charge in [0.1, 0.15) is 0 Å². The van der Waals surface area contributed by atoms with Gasteiger partial charge in [0.05, 0.1) is 0 Å². The van der Waals surface area contributed by atoms with Gasteiger partial charge in [-0.2, -0.15) is 0 Å². The van der Waals surface area contributed by atoms with Crippen molar-refractivity contribution < 1.29 is 29.5 Å². The molecule has 4 heteroatoms. The molecule has 3 aliphatic rings. The standard InChI is InChI=1S/C6H12N2.ClH.Cu/c1-2-8-5-3-7(1)4-6-8;;/h1-6H2;1H;/q;;+1/p-1. The summed E-state index contributed by atoms with van der Waals surface area (Å²) in [6.07, 6.45) is 0. The predicted octanol–water partition coefficient (Wildman–Crippen LogP) is -3.38. The molecule has 2 bridgehead atoms. The molecule has 3 rings (SSSR count). The Morgan fingerprint density at radius 1 is 0.600 bits per heavy atom. The summed E-state index contributed by atoms with van der Waals surface area (Å²) in [5.41, 5.74) is 0. The third-order valence-corrected chi connectivity index (χ3v) is 2.20. The number of halogens is 1. The third-order valence-electron chi connectivity index (χ3n) is 2.20. The summed E-state index contributed by atoms with van der Waals surface area (Å²) in [7, 11) is 0. The maximum absolute atomic E-state index is 2.54. The van der Waals surface area contributed by atoms with E-state index in [-0.39, 0.29) is 29.5 Å². The van der Waals surface area contributed by atoms with E-state index in [1.807, 2.05) is 0 Å². The molecule has 3 heterocycles. The molecule has 0 unspecified atom stereocenters. The molecule has 64 valence electrons. The van der Waals surface area contributed by atoms with Crippen LogP contribution in [0.25, 0.3) is 0 Å². The topological polar surface area (TPSA) is 6.48 Å². The van der Waals surface area contributed by atoms with Gasteiger partial charge in [-0.05, 0) is 0 Å². The van der Waals surface area contributed by atoms with Gasteiger partial charge in [-0.15, -0.1) is 0 Å². The zero-order chi connectivity index (χ0) is 5.40. The van der Waals surface area contributed by atoms with E-state index >= 15 is 0 Å². The van der Waals surface area contributed by atoms with Crippen LogP contribution >= 0.6 is 0 Å². The number of hydrogen-bond acceptors (Lipinski definition) is 2. The van der Waals surface area contributed by atoms with Crippen molar-refractivity contribution in [3.63, 3.8) is 0 Å². The van der Waals surface area contributed by atoms with Crippen LogP contribution in [0.3, 0.4) is 0 Å². The average Bonchev–Trinajstić information content (AvgIpc) is 1.92. The summed E-state index contributed by atoms with van der Waals surface area (Å²) in [6, 6.07) is 0. The monoisotopic (exact) mass is 210 g/mol. The Labute approximate surface area is 78.8 Å². The summed E-state index contributed by atoms with van der Waals surface area (Å²) in [5.74, 6) is 0. The first-order valence-corrected chi connectivity index (χ1v) is 3.40. The molecule has 3 saturated heterocycles. The van der Waals surface area contributed by atoms with Crippen molar-refractivity contribution in [3.05, 3.63) is 0 Å². The van der Waals surface area contributed by atoms with E-state index in [4.69, 9.17) is 0 Å². The first-order valence-electron chi connectivity index (χ1n) is 3.40. The van der Waals surface area contributed by atoms with Gasteiger partial charge >= 0.3 is 17.1 Å². The summed E-state index contributed by atoms with van der Waals surface area (Å²) in [6.45, 7) is 7.92. The zero-order valence-corrected chi connectivity index (χ0v) is 7.51. The van der Waals surface area contributed by atoms with Crippen LogP contribution in [0.15, 0.2) is 0 Å². The number of nitrogens with zero attached hydrogens (tertiary/aromatic N) is 2. The van der Waals surface area contributed by atoms with Gasteiger partial charge < -0.3 is 12.4 Å². The van der Waals surface area contributed by atoms with Gasteiger partial charge in [0, 0.05) is 39.3 Å². The number of piperazine rings is 3. The molecule has 0 spiro atoms. The Hall–Kier alpha value is 0.729. The maximum Gasteiger partial charge on any atom is 1.00 e. The normalized spacial score (nSPS) is 36.0. The minimum atomic E-state index is 0. The smallest absolute Gasteiger partial charge is 1.00 e. The van der Waals surface area contributed by atoms with Crippen molar-refractivity contribution in [2.24, 2.45) is 0 Å². The summed E-state index contributed by atoms with van der Waals surface area (Å²) >= 11 is 0. The van der Waals surface area contributed by atoms with Crippen molar-refractivity contribution in [2.45, 2.75) is 0 Å². The van der Waals surface area contributed by atoms with Gasteiger partial charge in [-0.3, -0.25) is 9.80 Å². The van der Waals surface area contributed by atoms with E-state index in [0.29, 0.717) is 0 Å². The van der Waals surface area contributed by atoms with Gasteiger partial charge in [-0.25, -0.2) is 0 Å². The number of rotatable bonds is 0. The minimum absolute atomic E-state index is 0. The second-order valence-electron chi connectivity index (χ2n) is 2.68. The Bertz CT molecular complexity index is 70.7. The molecule has 0 atom stereocenters. The minimum Gasteiger partial charge on any atom is -1.00 e. The molecule has 0 saturated carbocycles. The van der Waals surface area contributed by atoms with Crippen molar-refractivity contribution in [2.75, 3.05) is 39.3 Å². The summed E-state index contributed by atoms with van der Waals surface area (Å²) in [5, 5.41) is 0. The molecule has 3 aliphatic heterocycles. The maximum atomic E-state index is 2.54. The Morgan fingerprint density at radius 3 is 0.900 bits per heavy atom. The van der Waals surface area contributed by atoms with E-state index in [1.165, 1.54) is 39.3 Å². The number of fused-ring (bicyclic) bond motifs is 3. The molecular weight excluding hydrogens is 199 g/mol. The largest absolute Gasteiger partial charge is 1.00 e. The van der Waals surface area contributed by atoms with E-state index in [0.717, 1.165) is 0 Å². The van der Waals surface area contributed by atoms with E-state index < -0.39 is 0 Å². The SMILES string of the molecule is C1CN2CCN1CC2.[Cl-].[Cu+]. The molecule has 0 aromatic rings. The Kier molecular flexibility index (Phi) is 4.91. The van der Waals surface area contributed by atoms with Gasteiger partial charge in [-0.1, -0.05) is 0 Å². The van der Waals surface area contributed by atoms with E-state index in [2.05, 4.69) is 9.80 Å². The molecule has 0 aromatic heterocycles. The van der Waals surface area contributed by atoms with E-state index in [9.17, 15) is 0 Å². The summed E-state index contributed by atoms with van der Waals surface area (Å²) in [4.78, 5) is 5.08. The van der Waals surface area contributed by atoms with Gasteiger partial charge in [0.15, 0.2) is 0 Å². The van der Waals surface area contributed by atoms with Crippen molar-refractivity contribution in [3.8, 4) is 0 Å². The van der Waals surface area contributed by atoms with Crippen LogP contribution in [-0.2, 0) is 17.1 Å². The molecular formula is C6H12ClCuN2. The molecule has 0 N–H and O–H groups in total. The van der Waals surface area contributed by atoms with Gasteiger partial charge in [0.25, 0.3) is 0 Å². The molecule has 0 radical (unpaired) electrons. The first kappa shape index (κ1) is 10.7. The molecule has 3 fully saturated rings. The molecule has 2 nitrogen and oxygen atoms in total.